The van der Waals surface area contributed by atoms with Gasteiger partial charge in [0.15, 0.2) is 0 Å². The summed E-state index contributed by atoms with van der Waals surface area (Å²) in [7, 11) is 0. The molecule has 1 unspecified atom stereocenters. The molecule has 3 heteroatoms. The number of hydrogen-bond acceptors (Lipinski definition) is 1. The van der Waals surface area contributed by atoms with E-state index in [1.165, 1.54) is 6.07 Å². The van der Waals surface area contributed by atoms with Gasteiger partial charge >= 0.3 is 0 Å². The molecule has 56 valence electrons. The van der Waals surface area contributed by atoms with Gasteiger partial charge < -0.3 is 10.7 Å². The number of hydrogen-bond donors (Lipinski definition) is 2. The first kappa shape index (κ1) is 7.28. The van der Waals surface area contributed by atoms with Crippen LogP contribution >= 0.6 is 0 Å². The maximum absolute atomic E-state index is 12.7. The van der Waals surface area contributed by atoms with Crippen molar-refractivity contribution < 1.29 is 4.39 Å². The Labute approximate surface area is 59.2 Å². The van der Waals surface area contributed by atoms with Crippen molar-refractivity contribution >= 4 is 0 Å². The third-order valence-electron chi connectivity index (χ3n) is 1.54. The maximum atomic E-state index is 12.7. The minimum Gasteiger partial charge on any atom is -0.361 e. The lowest BCUT2D eigenvalue weighted by molar-refractivity contribution is 0.570. The third kappa shape index (κ3) is 1.19. The van der Waals surface area contributed by atoms with E-state index in [1.54, 1.807) is 6.20 Å². The maximum Gasteiger partial charge on any atom is 0.145 e. The molecule has 1 atom stereocenters. The number of rotatable bonds is 2. The number of aromatic nitrogens is 1. The van der Waals surface area contributed by atoms with Gasteiger partial charge in [0.25, 0.3) is 0 Å². The molecule has 1 rings (SSSR count). The van der Waals surface area contributed by atoms with Crippen molar-refractivity contribution in [1.29, 1.82) is 0 Å². The summed E-state index contributed by atoms with van der Waals surface area (Å²) in [5.41, 5.74) is 6.07. The lowest BCUT2D eigenvalue weighted by Gasteiger charge is -2.04. The average molecular weight is 142 g/mol. The largest absolute Gasteiger partial charge is 0.361 e. The van der Waals surface area contributed by atoms with E-state index in [0.29, 0.717) is 5.69 Å². The minimum absolute atomic E-state index is 0.199. The van der Waals surface area contributed by atoms with E-state index >= 15 is 0 Å². The number of H-pyrrole nitrogens is 1. The molecule has 0 radical (unpaired) electrons. The molecule has 0 saturated heterocycles. The summed E-state index contributed by atoms with van der Waals surface area (Å²) < 4.78 is 12.7. The van der Waals surface area contributed by atoms with Crippen molar-refractivity contribution in [2.45, 2.75) is 19.4 Å². The molecule has 0 spiro atoms. The highest BCUT2D eigenvalue weighted by Crippen LogP contribution is 2.14. The molecule has 1 heterocycles. The smallest absolute Gasteiger partial charge is 0.145 e. The molecular formula is C7H11FN2. The van der Waals surface area contributed by atoms with E-state index in [2.05, 4.69) is 4.98 Å². The average Bonchev–Trinajstić information content (AvgIpc) is 2.34. The van der Waals surface area contributed by atoms with Crippen LogP contribution in [-0.2, 0) is 0 Å². The zero-order chi connectivity index (χ0) is 7.56. The van der Waals surface area contributed by atoms with Crippen LogP contribution < -0.4 is 5.73 Å². The first-order chi connectivity index (χ1) is 4.75. The summed E-state index contributed by atoms with van der Waals surface area (Å²) in [4.78, 5) is 2.76. The number of nitrogens with one attached hydrogen (secondary N) is 1. The lowest BCUT2D eigenvalue weighted by atomic mass is 10.2. The van der Waals surface area contributed by atoms with Crippen LogP contribution in [0, 0.1) is 5.82 Å². The Hall–Kier alpha value is -0.830. The molecule has 2 nitrogen and oxygen atoms in total. The van der Waals surface area contributed by atoms with Crippen molar-refractivity contribution in [3.05, 3.63) is 23.8 Å². The zero-order valence-corrected chi connectivity index (χ0v) is 5.89. The Bertz CT molecular complexity index is 207. The van der Waals surface area contributed by atoms with Crippen LogP contribution in [0.1, 0.15) is 25.1 Å². The van der Waals surface area contributed by atoms with Gasteiger partial charge in [0.1, 0.15) is 5.82 Å². The van der Waals surface area contributed by atoms with Gasteiger partial charge in [-0.15, -0.1) is 0 Å². The second kappa shape index (κ2) is 2.84. The normalized spacial score (nSPS) is 13.5. The van der Waals surface area contributed by atoms with E-state index in [9.17, 15) is 4.39 Å². The third-order valence-corrected chi connectivity index (χ3v) is 1.54. The highest BCUT2D eigenvalue weighted by Gasteiger charge is 2.08. The first-order valence-corrected chi connectivity index (χ1v) is 3.34. The van der Waals surface area contributed by atoms with E-state index in [0.717, 1.165) is 6.42 Å². The van der Waals surface area contributed by atoms with Gasteiger partial charge in [0.05, 0.1) is 5.69 Å². The summed E-state index contributed by atoms with van der Waals surface area (Å²) in [5.74, 6) is -0.241. The van der Waals surface area contributed by atoms with Crippen LogP contribution in [0.15, 0.2) is 12.3 Å². The summed E-state index contributed by atoms with van der Waals surface area (Å²) in [6.07, 6.45) is 2.30. The lowest BCUT2D eigenvalue weighted by Crippen LogP contribution is -2.10. The minimum atomic E-state index is -0.241. The molecule has 0 aliphatic heterocycles. The highest BCUT2D eigenvalue weighted by molar-refractivity contribution is 5.11. The standard InChI is InChI=1S/C7H11FN2/c1-2-6(9)7-5(8)3-4-10-7/h3-4,6,10H,2,9H2,1H3. The van der Waals surface area contributed by atoms with Crippen LogP contribution in [0.4, 0.5) is 4.39 Å². The van der Waals surface area contributed by atoms with Crippen molar-refractivity contribution in [3.63, 3.8) is 0 Å². The Balaban J connectivity index is 2.82. The molecule has 3 N–H and O–H groups in total. The second-order valence-corrected chi connectivity index (χ2v) is 2.25. The monoisotopic (exact) mass is 142 g/mol. The first-order valence-electron chi connectivity index (χ1n) is 3.34. The van der Waals surface area contributed by atoms with Crippen LogP contribution in [-0.4, -0.2) is 4.98 Å². The van der Waals surface area contributed by atoms with Gasteiger partial charge in [-0.05, 0) is 12.5 Å². The van der Waals surface area contributed by atoms with E-state index in [1.807, 2.05) is 6.92 Å². The summed E-state index contributed by atoms with van der Waals surface area (Å²) in [6.45, 7) is 1.92. The molecule has 0 saturated carbocycles. The van der Waals surface area contributed by atoms with Gasteiger partial charge in [-0.1, -0.05) is 6.92 Å². The van der Waals surface area contributed by atoms with Gasteiger partial charge in [-0.25, -0.2) is 4.39 Å². The summed E-state index contributed by atoms with van der Waals surface area (Å²) in [5, 5.41) is 0. The zero-order valence-electron chi connectivity index (χ0n) is 5.89. The molecule has 0 fully saturated rings. The predicted molar refractivity (Wildman–Crippen MR) is 38.0 cm³/mol. The van der Waals surface area contributed by atoms with Crippen LogP contribution in [0.5, 0.6) is 0 Å². The fraction of sp³-hybridized carbons (Fsp3) is 0.429. The van der Waals surface area contributed by atoms with E-state index in [-0.39, 0.29) is 11.9 Å². The summed E-state index contributed by atoms with van der Waals surface area (Å²) >= 11 is 0. The van der Waals surface area contributed by atoms with Gasteiger partial charge in [-0.2, -0.15) is 0 Å². The van der Waals surface area contributed by atoms with Crippen molar-refractivity contribution in [3.8, 4) is 0 Å². The van der Waals surface area contributed by atoms with Gasteiger partial charge in [-0.3, -0.25) is 0 Å². The Morgan fingerprint density at radius 3 is 2.90 bits per heavy atom. The van der Waals surface area contributed by atoms with Crippen LogP contribution in [0.25, 0.3) is 0 Å². The van der Waals surface area contributed by atoms with E-state index < -0.39 is 0 Å². The Morgan fingerprint density at radius 1 is 1.80 bits per heavy atom. The SMILES string of the molecule is CCC(N)c1[nH]ccc1F. The number of nitrogens with two attached hydrogens (primary N) is 1. The Morgan fingerprint density at radius 2 is 2.50 bits per heavy atom. The quantitative estimate of drug-likeness (QED) is 0.646. The van der Waals surface area contributed by atoms with E-state index in [4.69, 9.17) is 5.73 Å². The van der Waals surface area contributed by atoms with Gasteiger partial charge in [0.2, 0.25) is 0 Å². The number of aromatic amines is 1. The fourth-order valence-corrected chi connectivity index (χ4v) is 0.852. The molecule has 0 amide bonds. The summed E-state index contributed by atoms with van der Waals surface area (Å²) in [6, 6.07) is 1.18. The van der Waals surface area contributed by atoms with Crippen LogP contribution in [0.3, 0.4) is 0 Å². The molecular weight excluding hydrogens is 131 g/mol. The number of halogens is 1. The van der Waals surface area contributed by atoms with Crippen LogP contribution in [0.2, 0.25) is 0 Å². The molecule has 1 aromatic rings. The molecule has 0 bridgehead atoms. The highest BCUT2D eigenvalue weighted by atomic mass is 19.1. The second-order valence-electron chi connectivity index (χ2n) is 2.25. The topological polar surface area (TPSA) is 41.8 Å². The molecule has 0 aliphatic rings. The van der Waals surface area contributed by atoms with Gasteiger partial charge in [0, 0.05) is 12.2 Å². The molecule has 0 aromatic carbocycles. The van der Waals surface area contributed by atoms with Crippen molar-refractivity contribution in [1.82, 2.24) is 4.98 Å². The molecule has 10 heavy (non-hydrogen) atoms. The van der Waals surface area contributed by atoms with Crippen molar-refractivity contribution in [2.24, 2.45) is 5.73 Å². The van der Waals surface area contributed by atoms with Crippen molar-refractivity contribution in [2.75, 3.05) is 0 Å². The predicted octanol–water partition coefficient (Wildman–Crippen LogP) is 1.56. The fourth-order valence-electron chi connectivity index (χ4n) is 0.852. The molecule has 1 aromatic heterocycles. The Kier molecular flexibility index (Phi) is 2.06. The molecule has 0 aliphatic carbocycles.